The summed E-state index contributed by atoms with van der Waals surface area (Å²) in [7, 11) is 2.85. The lowest BCUT2D eigenvalue weighted by Gasteiger charge is -2.14. The fourth-order valence-electron chi connectivity index (χ4n) is 0.870. The van der Waals surface area contributed by atoms with Gasteiger partial charge in [-0.2, -0.15) is 0 Å². The number of hydroxylamine groups is 2. The molecule has 5 nitrogen and oxygen atoms in total. The van der Waals surface area contributed by atoms with Crippen molar-refractivity contribution >= 4 is 23.3 Å². The van der Waals surface area contributed by atoms with E-state index in [1.165, 1.54) is 32.4 Å². The van der Waals surface area contributed by atoms with Gasteiger partial charge in [0, 0.05) is 12.7 Å². The molecule has 1 rings (SSSR count). The lowest BCUT2D eigenvalue weighted by Crippen LogP contribution is -2.30. The van der Waals surface area contributed by atoms with Crippen LogP contribution >= 0.6 is 11.6 Å². The number of halogens is 1. The molecule has 1 aromatic carbocycles. The zero-order chi connectivity index (χ0) is 11.4. The van der Waals surface area contributed by atoms with E-state index in [4.69, 9.17) is 16.7 Å². The van der Waals surface area contributed by atoms with Crippen molar-refractivity contribution in [3.8, 4) is 5.75 Å². The van der Waals surface area contributed by atoms with Crippen LogP contribution in [0.1, 0.15) is 0 Å². The van der Waals surface area contributed by atoms with Gasteiger partial charge in [-0.25, -0.2) is 9.86 Å². The summed E-state index contributed by atoms with van der Waals surface area (Å²) in [6.45, 7) is 0. The molecule has 6 heteroatoms. The van der Waals surface area contributed by atoms with Crippen LogP contribution in [0.2, 0.25) is 5.02 Å². The number of amides is 2. The van der Waals surface area contributed by atoms with Gasteiger partial charge in [-0.1, -0.05) is 11.6 Å². The van der Waals surface area contributed by atoms with Gasteiger partial charge >= 0.3 is 6.03 Å². The van der Waals surface area contributed by atoms with Crippen LogP contribution in [-0.4, -0.2) is 30.4 Å². The number of carbonyl (C=O) groups excluding carboxylic acids is 1. The molecule has 0 aromatic heterocycles. The molecule has 0 fully saturated rings. The highest BCUT2D eigenvalue weighted by Crippen LogP contribution is 2.26. The van der Waals surface area contributed by atoms with Crippen LogP contribution in [0.25, 0.3) is 0 Å². The second-order valence-corrected chi connectivity index (χ2v) is 3.18. The van der Waals surface area contributed by atoms with E-state index in [-0.39, 0.29) is 10.8 Å². The Kier molecular flexibility index (Phi) is 3.76. The summed E-state index contributed by atoms with van der Waals surface area (Å²) < 4.78 is 0. The van der Waals surface area contributed by atoms with E-state index in [9.17, 15) is 4.79 Å². The third-order valence-corrected chi connectivity index (χ3v) is 2.06. The molecular weight excluding hydrogens is 220 g/mol. The van der Waals surface area contributed by atoms with Gasteiger partial charge in [0.2, 0.25) is 0 Å². The third-order valence-electron chi connectivity index (χ3n) is 1.76. The molecule has 0 unspecified atom stereocenters. The van der Waals surface area contributed by atoms with Crippen LogP contribution in [0, 0.1) is 0 Å². The highest BCUT2D eigenvalue weighted by molar-refractivity contribution is 6.32. The molecule has 0 bridgehead atoms. The normalized spacial score (nSPS) is 9.80. The van der Waals surface area contributed by atoms with E-state index in [1.54, 1.807) is 0 Å². The number of rotatable bonds is 2. The summed E-state index contributed by atoms with van der Waals surface area (Å²) in [4.78, 5) is 16.0. The fourth-order valence-corrected chi connectivity index (χ4v) is 1.05. The smallest absolute Gasteiger partial charge is 0.345 e. The Bertz CT molecular complexity index is 370. The summed E-state index contributed by atoms with van der Waals surface area (Å²) in [5.74, 6) is -0.0326. The van der Waals surface area contributed by atoms with Crippen molar-refractivity contribution in [2.75, 3.05) is 19.5 Å². The molecule has 2 N–H and O–H groups in total. The molecule has 2 amide bonds. The van der Waals surface area contributed by atoms with E-state index in [0.717, 1.165) is 5.06 Å². The Morgan fingerprint density at radius 1 is 1.60 bits per heavy atom. The van der Waals surface area contributed by atoms with E-state index in [0.29, 0.717) is 5.69 Å². The second kappa shape index (κ2) is 4.86. The summed E-state index contributed by atoms with van der Waals surface area (Å²) >= 11 is 5.66. The number of nitrogens with one attached hydrogen (secondary N) is 1. The molecule has 0 spiro atoms. The van der Waals surface area contributed by atoms with Gasteiger partial charge < -0.3 is 10.4 Å². The average Bonchev–Trinajstić information content (AvgIpc) is 2.22. The quantitative estimate of drug-likeness (QED) is 0.604. The minimum atomic E-state index is -0.431. The number of urea groups is 1. The molecule has 0 atom stereocenters. The van der Waals surface area contributed by atoms with Crippen LogP contribution in [0.3, 0.4) is 0 Å². The minimum Gasteiger partial charge on any atom is -0.506 e. The first-order chi connectivity index (χ1) is 7.04. The summed E-state index contributed by atoms with van der Waals surface area (Å²) in [6, 6.07) is 3.94. The first-order valence-corrected chi connectivity index (χ1v) is 4.49. The first-order valence-electron chi connectivity index (χ1n) is 4.12. The Balaban J connectivity index is 2.73. The van der Waals surface area contributed by atoms with Gasteiger partial charge in [-0.15, -0.1) is 0 Å². The summed E-state index contributed by atoms with van der Waals surface area (Å²) in [6.07, 6.45) is 0. The number of hydrogen-bond acceptors (Lipinski definition) is 3. The predicted octanol–water partition coefficient (Wildman–Crippen LogP) is 2.07. The number of phenolic OH excluding ortho intramolecular Hbond substituents is 1. The highest BCUT2D eigenvalue weighted by atomic mass is 35.5. The Labute approximate surface area is 92.2 Å². The molecule has 15 heavy (non-hydrogen) atoms. The molecule has 0 saturated heterocycles. The van der Waals surface area contributed by atoms with Crippen LogP contribution < -0.4 is 5.32 Å². The topological polar surface area (TPSA) is 61.8 Å². The Morgan fingerprint density at radius 2 is 2.27 bits per heavy atom. The van der Waals surface area contributed by atoms with Crippen molar-refractivity contribution < 1.29 is 14.7 Å². The van der Waals surface area contributed by atoms with Crippen LogP contribution in [-0.2, 0) is 4.84 Å². The molecule has 0 aliphatic rings. The van der Waals surface area contributed by atoms with Gasteiger partial charge in [-0.05, 0) is 18.2 Å². The maximum absolute atomic E-state index is 11.3. The predicted molar refractivity (Wildman–Crippen MR) is 56.9 cm³/mol. The first kappa shape index (κ1) is 11.6. The highest BCUT2D eigenvalue weighted by Gasteiger charge is 2.08. The molecule has 0 aliphatic heterocycles. The summed E-state index contributed by atoms with van der Waals surface area (Å²) in [5, 5.41) is 12.9. The van der Waals surface area contributed by atoms with Gasteiger partial charge in [0.25, 0.3) is 0 Å². The molecule has 0 aliphatic carbocycles. The number of aromatic hydroxyl groups is 1. The summed E-state index contributed by atoms with van der Waals surface area (Å²) in [5.41, 5.74) is 0.478. The van der Waals surface area contributed by atoms with Crippen molar-refractivity contribution in [1.29, 1.82) is 0 Å². The maximum Gasteiger partial charge on any atom is 0.345 e. The van der Waals surface area contributed by atoms with Gasteiger partial charge in [-0.3, -0.25) is 4.84 Å². The number of anilines is 1. The zero-order valence-corrected chi connectivity index (χ0v) is 9.08. The molecule has 1 aromatic rings. The Hall–Kier alpha value is -1.46. The fraction of sp³-hybridized carbons (Fsp3) is 0.222. The monoisotopic (exact) mass is 230 g/mol. The van der Waals surface area contributed by atoms with Crippen LogP contribution in [0.4, 0.5) is 10.5 Å². The number of benzene rings is 1. The number of carbonyl (C=O) groups is 1. The number of hydrogen-bond donors (Lipinski definition) is 2. The van der Waals surface area contributed by atoms with Crippen molar-refractivity contribution in [2.45, 2.75) is 0 Å². The van der Waals surface area contributed by atoms with Crippen molar-refractivity contribution in [2.24, 2.45) is 0 Å². The van der Waals surface area contributed by atoms with E-state index in [1.807, 2.05) is 0 Å². The lowest BCUT2D eigenvalue weighted by molar-refractivity contribution is -0.0598. The number of phenols is 1. The maximum atomic E-state index is 11.3. The molecule has 0 radical (unpaired) electrons. The van der Waals surface area contributed by atoms with Crippen molar-refractivity contribution in [3.63, 3.8) is 0 Å². The average molecular weight is 231 g/mol. The van der Waals surface area contributed by atoms with Crippen LogP contribution in [0.15, 0.2) is 18.2 Å². The Morgan fingerprint density at radius 3 is 2.80 bits per heavy atom. The largest absolute Gasteiger partial charge is 0.506 e. The third kappa shape index (κ3) is 3.00. The van der Waals surface area contributed by atoms with Crippen LogP contribution in [0.5, 0.6) is 5.75 Å². The molecular formula is C9H11ClN2O3. The molecule has 0 heterocycles. The standard InChI is InChI=1S/C9H11ClN2O3/c1-12(15-2)9(14)11-6-3-4-8(13)7(10)5-6/h3-5,13H,1-2H3,(H,11,14). The van der Waals surface area contributed by atoms with Crippen molar-refractivity contribution in [3.05, 3.63) is 23.2 Å². The van der Waals surface area contributed by atoms with Gasteiger partial charge in [0.05, 0.1) is 12.1 Å². The SMILES string of the molecule is CON(C)C(=O)Nc1ccc(O)c(Cl)c1. The van der Waals surface area contributed by atoms with Crippen molar-refractivity contribution in [1.82, 2.24) is 5.06 Å². The second-order valence-electron chi connectivity index (χ2n) is 2.78. The molecule has 82 valence electrons. The lowest BCUT2D eigenvalue weighted by atomic mass is 10.3. The van der Waals surface area contributed by atoms with Gasteiger partial charge in [0.15, 0.2) is 0 Å². The zero-order valence-electron chi connectivity index (χ0n) is 8.32. The molecule has 0 saturated carbocycles. The van der Waals surface area contributed by atoms with Gasteiger partial charge in [0.1, 0.15) is 5.75 Å². The van der Waals surface area contributed by atoms with E-state index < -0.39 is 6.03 Å². The van der Waals surface area contributed by atoms with E-state index >= 15 is 0 Å². The van der Waals surface area contributed by atoms with E-state index in [2.05, 4.69) is 10.2 Å². The number of nitrogens with zero attached hydrogens (tertiary/aromatic N) is 1. The minimum absolute atomic E-state index is 0.0326.